The summed E-state index contributed by atoms with van der Waals surface area (Å²) in [7, 11) is 2.86. The number of carbonyl (C=O) groups excluding carboxylic acids is 2. The maximum atomic E-state index is 13.3. The van der Waals surface area contributed by atoms with Crippen LogP contribution < -0.4 is 14.4 Å². The summed E-state index contributed by atoms with van der Waals surface area (Å²) < 4.78 is 10.6. The predicted octanol–water partition coefficient (Wildman–Crippen LogP) is 6.66. The largest absolute Gasteiger partial charge is 0.507 e. The number of Topliss-reactive ketones (excluding diaryl/α,β-unsaturated/α-hetero) is 1. The lowest BCUT2D eigenvalue weighted by molar-refractivity contribution is -0.132. The van der Waals surface area contributed by atoms with Crippen molar-refractivity contribution in [2.75, 3.05) is 19.1 Å². The summed E-state index contributed by atoms with van der Waals surface area (Å²) in [6.45, 7) is 1.86. The minimum atomic E-state index is -0.910. The Labute approximate surface area is 214 Å². The van der Waals surface area contributed by atoms with Crippen LogP contribution in [0.15, 0.2) is 47.4 Å². The monoisotopic (exact) mass is 537 g/mol. The van der Waals surface area contributed by atoms with Gasteiger partial charge in [-0.15, -0.1) is 11.3 Å². The maximum Gasteiger partial charge on any atom is 0.300 e. The number of aryl methyl sites for hydroxylation is 1. The van der Waals surface area contributed by atoms with Gasteiger partial charge in [-0.25, -0.2) is 0 Å². The van der Waals surface area contributed by atoms with E-state index in [1.807, 2.05) is 18.4 Å². The number of thiophene rings is 1. The Kier molecular flexibility index (Phi) is 6.82. The van der Waals surface area contributed by atoms with Crippen LogP contribution >= 0.6 is 46.1 Å². The number of ether oxygens (including phenoxy) is 2. The van der Waals surface area contributed by atoms with E-state index in [0.29, 0.717) is 16.3 Å². The van der Waals surface area contributed by atoms with Crippen molar-refractivity contribution >= 4 is 69.3 Å². The summed E-state index contributed by atoms with van der Waals surface area (Å²) in [6.07, 6.45) is 0. The van der Waals surface area contributed by atoms with Gasteiger partial charge >= 0.3 is 0 Å². The fourth-order valence-electron chi connectivity index (χ4n) is 3.91. The SMILES string of the molecule is COc1ccc(N2C(=O)C(=O)/C(=C(/O)c3cc(Cl)cc(Cl)c3OC)C2c2sccc2C)cc1Cl. The maximum absolute atomic E-state index is 13.3. The summed E-state index contributed by atoms with van der Waals surface area (Å²) in [5.41, 5.74) is 1.22. The van der Waals surface area contributed by atoms with Crippen LogP contribution in [0.25, 0.3) is 5.76 Å². The minimum Gasteiger partial charge on any atom is -0.507 e. The van der Waals surface area contributed by atoms with Gasteiger partial charge in [0.1, 0.15) is 23.3 Å². The lowest BCUT2D eigenvalue weighted by atomic mass is 9.97. The van der Waals surface area contributed by atoms with E-state index in [9.17, 15) is 14.7 Å². The molecular weight excluding hydrogens is 521 g/mol. The van der Waals surface area contributed by atoms with Crippen molar-refractivity contribution in [3.05, 3.63) is 78.4 Å². The van der Waals surface area contributed by atoms with E-state index in [0.717, 1.165) is 5.56 Å². The Morgan fingerprint density at radius 1 is 1.03 bits per heavy atom. The van der Waals surface area contributed by atoms with Gasteiger partial charge in [0.25, 0.3) is 11.7 Å². The molecule has 1 fully saturated rings. The van der Waals surface area contributed by atoms with Crippen LogP contribution in [-0.2, 0) is 9.59 Å². The number of methoxy groups -OCH3 is 2. The predicted molar refractivity (Wildman–Crippen MR) is 135 cm³/mol. The molecule has 1 N–H and O–H groups in total. The summed E-state index contributed by atoms with van der Waals surface area (Å²) in [6, 6.07) is 8.62. The number of carbonyl (C=O) groups is 2. The van der Waals surface area contributed by atoms with Gasteiger partial charge in [0.05, 0.1) is 35.4 Å². The van der Waals surface area contributed by atoms with Crippen molar-refractivity contribution in [2.24, 2.45) is 0 Å². The number of aliphatic hydroxyl groups excluding tert-OH is 1. The smallest absolute Gasteiger partial charge is 0.300 e. The number of nitrogens with zero attached hydrogens (tertiary/aromatic N) is 1. The van der Waals surface area contributed by atoms with E-state index in [1.165, 1.54) is 42.6 Å². The Hall–Kier alpha value is -2.71. The number of hydrogen-bond donors (Lipinski definition) is 1. The zero-order valence-electron chi connectivity index (χ0n) is 18.2. The van der Waals surface area contributed by atoms with Crippen molar-refractivity contribution in [2.45, 2.75) is 13.0 Å². The first-order valence-corrected chi connectivity index (χ1v) is 11.9. The average molecular weight is 539 g/mol. The highest BCUT2D eigenvalue weighted by molar-refractivity contribution is 7.10. The molecule has 0 aliphatic carbocycles. The third kappa shape index (κ3) is 4.03. The summed E-state index contributed by atoms with van der Waals surface area (Å²) in [5, 5.41) is 13.9. The van der Waals surface area contributed by atoms with E-state index in [1.54, 1.807) is 18.2 Å². The molecule has 0 spiro atoms. The van der Waals surface area contributed by atoms with E-state index in [4.69, 9.17) is 44.3 Å². The van der Waals surface area contributed by atoms with Gasteiger partial charge in [-0.05, 0) is 54.3 Å². The number of aliphatic hydroxyl groups is 1. The molecule has 1 aliphatic rings. The minimum absolute atomic E-state index is 0.102. The third-order valence-corrected chi connectivity index (χ3v) is 7.34. The molecule has 0 bridgehead atoms. The van der Waals surface area contributed by atoms with Crippen LogP contribution in [0.5, 0.6) is 11.5 Å². The first-order valence-electron chi connectivity index (χ1n) is 9.91. The normalized spacial score (nSPS) is 17.4. The molecule has 10 heteroatoms. The zero-order valence-corrected chi connectivity index (χ0v) is 21.3. The van der Waals surface area contributed by atoms with Gasteiger partial charge in [0.15, 0.2) is 0 Å². The highest BCUT2D eigenvalue weighted by Gasteiger charge is 2.48. The fraction of sp³-hybridized carbons (Fsp3) is 0.167. The second-order valence-corrected chi connectivity index (χ2v) is 9.62. The number of amides is 1. The number of rotatable bonds is 5. The molecular formula is C24H18Cl3NO5S. The molecule has 1 amide bonds. The van der Waals surface area contributed by atoms with Crippen molar-refractivity contribution in [3.63, 3.8) is 0 Å². The van der Waals surface area contributed by atoms with Gasteiger partial charge in [-0.3, -0.25) is 14.5 Å². The lowest BCUT2D eigenvalue weighted by Gasteiger charge is -2.25. The molecule has 6 nitrogen and oxygen atoms in total. The number of ketones is 1. The molecule has 0 saturated carbocycles. The second kappa shape index (κ2) is 9.50. The summed E-state index contributed by atoms with van der Waals surface area (Å²) in [4.78, 5) is 28.7. The van der Waals surface area contributed by atoms with Crippen LogP contribution in [0.3, 0.4) is 0 Å². The van der Waals surface area contributed by atoms with Crippen LogP contribution in [-0.4, -0.2) is 31.0 Å². The highest BCUT2D eigenvalue weighted by Crippen LogP contribution is 2.47. The van der Waals surface area contributed by atoms with Crippen molar-refractivity contribution in [1.82, 2.24) is 0 Å². The first kappa shape index (κ1) is 24.4. The van der Waals surface area contributed by atoms with Gasteiger partial charge in [0, 0.05) is 15.6 Å². The number of halogens is 3. The van der Waals surface area contributed by atoms with Crippen molar-refractivity contribution in [3.8, 4) is 11.5 Å². The molecule has 3 aromatic rings. The molecule has 34 heavy (non-hydrogen) atoms. The molecule has 1 unspecified atom stereocenters. The topological polar surface area (TPSA) is 76.1 Å². The van der Waals surface area contributed by atoms with Gasteiger partial charge in [0.2, 0.25) is 0 Å². The van der Waals surface area contributed by atoms with Crippen molar-refractivity contribution < 1.29 is 24.2 Å². The quantitative estimate of drug-likeness (QED) is 0.223. The Morgan fingerprint density at radius 3 is 2.35 bits per heavy atom. The van der Waals surface area contributed by atoms with Crippen LogP contribution in [0.2, 0.25) is 15.1 Å². The molecule has 2 heterocycles. The molecule has 2 aromatic carbocycles. The van der Waals surface area contributed by atoms with E-state index in [2.05, 4.69) is 0 Å². The second-order valence-electron chi connectivity index (χ2n) is 7.42. The molecule has 4 rings (SSSR count). The van der Waals surface area contributed by atoms with E-state index >= 15 is 0 Å². The van der Waals surface area contributed by atoms with Gasteiger partial charge in [-0.1, -0.05) is 34.8 Å². The molecule has 1 aliphatic heterocycles. The zero-order chi connectivity index (χ0) is 24.7. The number of hydrogen-bond acceptors (Lipinski definition) is 6. The standard InChI is InChI=1S/C24H18Cl3NO5S/c1-11-6-7-34-23(11)19-18(20(29)14-8-12(25)9-16(27)22(14)33-3)21(30)24(31)28(19)13-4-5-17(32-2)15(26)10-13/h4-10,19,29H,1-3H3/b20-18+. The Balaban J connectivity index is 2.00. The molecule has 0 radical (unpaired) electrons. The lowest BCUT2D eigenvalue weighted by Crippen LogP contribution is -2.29. The first-order chi connectivity index (χ1) is 16.2. The van der Waals surface area contributed by atoms with E-state index < -0.39 is 23.5 Å². The summed E-state index contributed by atoms with van der Waals surface area (Å²) >= 11 is 20.1. The Morgan fingerprint density at radius 2 is 1.76 bits per heavy atom. The van der Waals surface area contributed by atoms with Crippen LogP contribution in [0.4, 0.5) is 5.69 Å². The number of anilines is 1. The van der Waals surface area contributed by atoms with E-state index in [-0.39, 0.29) is 32.0 Å². The molecule has 176 valence electrons. The Bertz CT molecular complexity index is 1350. The average Bonchev–Trinajstić information content (AvgIpc) is 3.33. The van der Waals surface area contributed by atoms with Gasteiger partial charge in [-0.2, -0.15) is 0 Å². The highest BCUT2D eigenvalue weighted by atomic mass is 35.5. The molecule has 1 aromatic heterocycles. The molecule has 1 atom stereocenters. The van der Waals surface area contributed by atoms with Gasteiger partial charge < -0.3 is 14.6 Å². The third-order valence-electron chi connectivity index (χ3n) is 5.48. The van der Waals surface area contributed by atoms with Crippen LogP contribution in [0, 0.1) is 6.92 Å². The molecule has 1 saturated heterocycles. The number of benzene rings is 2. The van der Waals surface area contributed by atoms with Crippen molar-refractivity contribution in [1.29, 1.82) is 0 Å². The summed E-state index contributed by atoms with van der Waals surface area (Å²) in [5.74, 6) is -1.57. The fourth-order valence-corrected chi connectivity index (χ4v) is 5.75. The van der Waals surface area contributed by atoms with Crippen LogP contribution in [0.1, 0.15) is 22.0 Å².